The van der Waals surface area contributed by atoms with Crippen molar-refractivity contribution in [2.75, 3.05) is 20.2 Å². The van der Waals surface area contributed by atoms with Gasteiger partial charge in [-0.25, -0.2) is 0 Å². The van der Waals surface area contributed by atoms with E-state index in [1.54, 1.807) is 0 Å². The molecule has 1 saturated heterocycles. The standard InChI is InChI=1S/C27H37NO4/c1-24(2,30)13-18-14-25-8-9-27(18,31-3)23-26(25)10-11-28(15-16-4-5-16)20(25)12-17-6-7-19(29)22(32-23)21(17)26/h6-7,16,18,20,23,29-30H,4-5,8-15H2,1-3H3/t18-,20?,23+,25+,26-,27+/m0/s1. The third-order valence-corrected chi connectivity index (χ3v) is 10.5. The molecule has 32 heavy (non-hydrogen) atoms. The quantitative estimate of drug-likeness (QED) is 0.731. The van der Waals surface area contributed by atoms with Gasteiger partial charge in [0, 0.05) is 36.1 Å². The number of fused-ring (bicyclic) bond motifs is 2. The van der Waals surface area contributed by atoms with Crippen LogP contribution in [0.25, 0.3) is 0 Å². The maximum Gasteiger partial charge on any atom is 0.165 e. The molecule has 0 aromatic heterocycles. The minimum Gasteiger partial charge on any atom is -0.504 e. The summed E-state index contributed by atoms with van der Waals surface area (Å²) >= 11 is 0. The van der Waals surface area contributed by atoms with Crippen molar-refractivity contribution in [2.45, 2.75) is 94.0 Å². The van der Waals surface area contributed by atoms with Crippen molar-refractivity contribution in [1.82, 2.24) is 4.90 Å². The zero-order valence-corrected chi connectivity index (χ0v) is 19.7. The molecule has 2 heterocycles. The van der Waals surface area contributed by atoms with Crippen LogP contribution in [0, 0.1) is 17.3 Å². The van der Waals surface area contributed by atoms with Crippen LogP contribution in [0.15, 0.2) is 12.1 Å². The van der Waals surface area contributed by atoms with Gasteiger partial charge in [-0.15, -0.1) is 0 Å². The fourth-order valence-corrected chi connectivity index (χ4v) is 9.39. The number of rotatable bonds is 5. The summed E-state index contributed by atoms with van der Waals surface area (Å²) in [7, 11) is 1.85. The molecule has 0 amide bonds. The first-order valence-electron chi connectivity index (χ1n) is 12.8. The number of likely N-dealkylation sites (tertiary alicyclic amines) is 1. The summed E-state index contributed by atoms with van der Waals surface area (Å²) in [5.41, 5.74) is 1.59. The van der Waals surface area contributed by atoms with E-state index in [2.05, 4.69) is 11.0 Å². The Morgan fingerprint density at radius 1 is 1.22 bits per heavy atom. The first kappa shape index (κ1) is 20.1. The molecule has 1 aromatic rings. The summed E-state index contributed by atoms with van der Waals surface area (Å²) in [6.45, 7) is 6.22. The van der Waals surface area contributed by atoms with Gasteiger partial charge in [-0.3, -0.25) is 4.90 Å². The molecule has 5 fully saturated rings. The van der Waals surface area contributed by atoms with Gasteiger partial charge in [0.25, 0.3) is 0 Å². The zero-order valence-electron chi connectivity index (χ0n) is 19.7. The molecule has 7 aliphatic rings. The predicted octanol–water partition coefficient (Wildman–Crippen LogP) is 3.78. The Balaban J connectivity index is 1.45. The molecule has 2 N–H and O–H groups in total. The summed E-state index contributed by atoms with van der Waals surface area (Å²) in [5.74, 6) is 2.15. The molecule has 1 aromatic carbocycles. The fourth-order valence-electron chi connectivity index (χ4n) is 9.39. The molecule has 5 heteroatoms. The lowest BCUT2D eigenvalue weighted by Gasteiger charge is -2.74. The van der Waals surface area contributed by atoms with Crippen molar-refractivity contribution in [3.63, 3.8) is 0 Å². The highest BCUT2D eigenvalue weighted by atomic mass is 16.6. The van der Waals surface area contributed by atoms with Crippen molar-refractivity contribution >= 4 is 0 Å². The minimum absolute atomic E-state index is 0.0796. The number of methoxy groups -OCH3 is 1. The number of aliphatic hydroxyl groups is 1. The van der Waals surface area contributed by atoms with Crippen molar-refractivity contribution < 1.29 is 19.7 Å². The first-order chi connectivity index (χ1) is 15.2. The molecule has 4 saturated carbocycles. The third-order valence-electron chi connectivity index (χ3n) is 10.5. The molecular formula is C27H37NO4. The number of hydrogen-bond acceptors (Lipinski definition) is 5. The molecule has 8 rings (SSSR count). The number of phenols is 1. The molecule has 2 aliphatic heterocycles. The largest absolute Gasteiger partial charge is 0.504 e. The Morgan fingerprint density at radius 2 is 2.03 bits per heavy atom. The molecule has 1 unspecified atom stereocenters. The van der Waals surface area contributed by atoms with Crippen LogP contribution in [0.4, 0.5) is 0 Å². The number of aromatic hydroxyl groups is 1. The van der Waals surface area contributed by atoms with Crippen molar-refractivity contribution in [3.05, 3.63) is 23.3 Å². The van der Waals surface area contributed by atoms with E-state index in [4.69, 9.17) is 9.47 Å². The summed E-state index contributed by atoms with van der Waals surface area (Å²) in [4.78, 5) is 2.83. The number of benzene rings is 1. The van der Waals surface area contributed by atoms with E-state index in [9.17, 15) is 10.2 Å². The van der Waals surface area contributed by atoms with Crippen LogP contribution in [0.1, 0.15) is 69.9 Å². The number of hydrogen-bond donors (Lipinski definition) is 2. The average molecular weight is 440 g/mol. The van der Waals surface area contributed by atoms with E-state index in [0.29, 0.717) is 6.04 Å². The highest BCUT2D eigenvalue weighted by Gasteiger charge is 2.80. The van der Waals surface area contributed by atoms with E-state index in [0.717, 1.165) is 56.7 Å². The maximum atomic E-state index is 10.9. The average Bonchev–Trinajstić information content (AvgIpc) is 3.47. The van der Waals surface area contributed by atoms with E-state index in [1.807, 2.05) is 27.0 Å². The van der Waals surface area contributed by atoms with Crippen molar-refractivity contribution in [1.29, 1.82) is 0 Å². The van der Waals surface area contributed by atoms with Gasteiger partial charge in [0.2, 0.25) is 0 Å². The maximum absolute atomic E-state index is 10.9. The van der Waals surface area contributed by atoms with E-state index < -0.39 is 11.2 Å². The highest BCUT2D eigenvalue weighted by Crippen LogP contribution is 2.77. The Kier molecular flexibility index (Phi) is 3.79. The lowest BCUT2D eigenvalue weighted by Crippen LogP contribution is -2.81. The molecule has 6 atom stereocenters. The fraction of sp³-hybridized carbons (Fsp3) is 0.778. The van der Waals surface area contributed by atoms with Gasteiger partial charge >= 0.3 is 0 Å². The van der Waals surface area contributed by atoms with Gasteiger partial charge < -0.3 is 19.7 Å². The third kappa shape index (κ3) is 2.22. The van der Waals surface area contributed by atoms with Gasteiger partial charge in [-0.05, 0) is 95.2 Å². The second-order valence-corrected chi connectivity index (χ2v) is 12.6. The van der Waals surface area contributed by atoms with Crippen LogP contribution < -0.4 is 4.74 Å². The van der Waals surface area contributed by atoms with Crippen LogP contribution in [0.3, 0.4) is 0 Å². The second-order valence-electron chi connectivity index (χ2n) is 12.6. The highest BCUT2D eigenvalue weighted by molar-refractivity contribution is 5.63. The summed E-state index contributed by atoms with van der Waals surface area (Å²) < 4.78 is 13.3. The number of phenolic OH excluding ortho intramolecular Hbond substituents is 1. The molecular weight excluding hydrogens is 402 g/mol. The topological polar surface area (TPSA) is 62.2 Å². The molecule has 174 valence electrons. The summed E-state index contributed by atoms with van der Waals surface area (Å²) in [6, 6.07) is 4.53. The molecule has 2 spiro atoms. The van der Waals surface area contributed by atoms with E-state index in [-0.39, 0.29) is 28.6 Å². The van der Waals surface area contributed by atoms with E-state index in [1.165, 1.54) is 30.5 Å². The molecule has 4 bridgehead atoms. The van der Waals surface area contributed by atoms with Crippen LogP contribution in [0.5, 0.6) is 11.5 Å². The smallest absolute Gasteiger partial charge is 0.165 e. The van der Waals surface area contributed by atoms with Gasteiger partial charge in [-0.1, -0.05) is 6.07 Å². The summed E-state index contributed by atoms with van der Waals surface area (Å²) in [6.07, 6.45) is 8.79. The predicted molar refractivity (Wildman–Crippen MR) is 121 cm³/mol. The lowest BCUT2D eigenvalue weighted by atomic mass is 9.34. The number of nitrogens with zero attached hydrogens (tertiary/aromatic N) is 1. The monoisotopic (exact) mass is 439 g/mol. The van der Waals surface area contributed by atoms with Crippen molar-refractivity contribution in [3.8, 4) is 11.5 Å². The van der Waals surface area contributed by atoms with Crippen LogP contribution in [-0.4, -0.2) is 58.7 Å². The van der Waals surface area contributed by atoms with Gasteiger partial charge in [0.1, 0.15) is 11.7 Å². The Hall–Kier alpha value is -1.30. The van der Waals surface area contributed by atoms with Crippen LogP contribution >= 0.6 is 0 Å². The van der Waals surface area contributed by atoms with Gasteiger partial charge in [0.15, 0.2) is 11.5 Å². The summed E-state index contributed by atoms with van der Waals surface area (Å²) in [5, 5.41) is 21.7. The van der Waals surface area contributed by atoms with Crippen LogP contribution in [0.2, 0.25) is 0 Å². The second kappa shape index (κ2) is 6.03. The molecule has 5 aliphatic carbocycles. The number of ether oxygens (including phenoxy) is 2. The van der Waals surface area contributed by atoms with Gasteiger partial charge in [-0.2, -0.15) is 0 Å². The van der Waals surface area contributed by atoms with Crippen LogP contribution in [-0.2, 0) is 16.6 Å². The molecule has 0 radical (unpaired) electrons. The Bertz CT molecular complexity index is 983. The zero-order chi connectivity index (χ0) is 22.1. The van der Waals surface area contributed by atoms with Crippen molar-refractivity contribution in [2.24, 2.45) is 17.3 Å². The van der Waals surface area contributed by atoms with E-state index >= 15 is 0 Å². The molecule has 5 nitrogen and oxygen atoms in total. The SMILES string of the molecule is CO[C@]12CC[C@@]3(C[C@@H]1CC(C)(C)O)C1Cc4ccc(O)c5c4[C@@]3(CCN1CC1CC1)[C@H]2O5. The number of piperidine rings is 1. The Labute approximate surface area is 191 Å². The first-order valence-corrected chi connectivity index (χ1v) is 12.8. The Morgan fingerprint density at radius 3 is 2.75 bits per heavy atom. The van der Waals surface area contributed by atoms with Gasteiger partial charge in [0.05, 0.1) is 5.60 Å². The normalized spacial score (nSPS) is 43.8. The lowest BCUT2D eigenvalue weighted by molar-refractivity contribution is -0.282. The minimum atomic E-state index is -0.742.